The van der Waals surface area contributed by atoms with Crippen molar-refractivity contribution in [3.63, 3.8) is 0 Å². The number of hydrogen-bond donors (Lipinski definition) is 2. The summed E-state index contributed by atoms with van der Waals surface area (Å²) in [5, 5.41) is 5.25. The van der Waals surface area contributed by atoms with Crippen LogP contribution in [0.5, 0.6) is 5.75 Å². The fraction of sp³-hybridized carbons (Fsp3) is 0.400. The average Bonchev–Trinajstić information content (AvgIpc) is 2.50. The second-order valence-electron chi connectivity index (χ2n) is 4.56. The van der Waals surface area contributed by atoms with Crippen molar-refractivity contribution in [2.75, 3.05) is 13.2 Å². The molecule has 1 atom stereocenters. The molecule has 0 aromatic heterocycles. The van der Waals surface area contributed by atoms with Crippen LogP contribution in [0.3, 0.4) is 0 Å². The maximum atomic E-state index is 11.7. The third-order valence-corrected chi connectivity index (χ3v) is 2.71. The molecule has 1 aromatic carbocycles. The molecule has 1 rings (SSSR count). The normalized spacial score (nSPS) is 11.3. The molecule has 0 radical (unpaired) electrons. The lowest BCUT2D eigenvalue weighted by Crippen LogP contribution is -2.46. The number of benzene rings is 1. The Morgan fingerprint density at radius 2 is 1.95 bits per heavy atom. The zero-order chi connectivity index (χ0) is 15.7. The molecule has 6 nitrogen and oxygen atoms in total. The van der Waals surface area contributed by atoms with Gasteiger partial charge in [-0.15, -0.1) is 0 Å². The van der Waals surface area contributed by atoms with Crippen LogP contribution in [0.15, 0.2) is 24.3 Å². The van der Waals surface area contributed by atoms with Crippen molar-refractivity contribution < 1.29 is 19.1 Å². The minimum Gasteiger partial charge on any atom is -0.484 e. The Morgan fingerprint density at radius 1 is 1.29 bits per heavy atom. The molecule has 0 spiro atoms. The number of amides is 2. The van der Waals surface area contributed by atoms with E-state index < -0.39 is 6.04 Å². The third-order valence-electron chi connectivity index (χ3n) is 2.71. The Bertz CT molecular complexity index is 485. The number of carbonyl (C=O) groups is 3. The maximum Gasteiger partial charge on any atom is 0.258 e. The average molecular weight is 292 g/mol. The molecule has 6 heteroatoms. The van der Waals surface area contributed by atoms with E-state index in [4.69, 9.17) is 4.74 Å². The predicted molar refractivity (Wildman–Crippen MR) is 78.2 cm³/mol. The van der Waals surface area contributed by atoms with Crippen LogP contribution in [0.4, 0.5) is 0 Å². The van der Waals surface area contributed by atoms with E-state index in [2.05, 4.69) is 10.6 Å². The van der Waals surface area contributed by atoms with Crippen molar-refractivity contribution in [2.24, 2.45) is 0 Å². The second-order valence-corrected chi connectivity index (χ2v) is 4.56. The zero-order valence-corrected chi connectivity index (χ0v) is 12.2. The Balaban J connectivity index is 2.35. The summed E-state index contributed by atoms with van der Waals surface area (Å²) in [5.41, 5.74) is 0.535. The van der Waals surface area contributed by atoms with E-state index >= 15 is 0 Å². The van der Waals surface area contributed by atoms with Crippen molar-refractivity contribution >= 4 is 18.1 Å². The van der Waals surface area contributed by atoms with Gasteiger partial charge in [-0.1, -0.05) is 6.92 Å². The maximum absolute atomic E-state index is 11.7. The molecule has 0 aliphatic heterocycles. The van der Waals surface area contributed by atoms with Gasteiger partial charge in [0.2, 0.25) is 5.91 Å². The first kappa shape index (κ1) is 16.7. The van der Waals surface area contributed by atoms with Gasteiger partial charge in [0, 0.05) is 12.1 Å². The molecule has 0 fully saturated rings. The molecule has 0 saturated carbocycles. The summed E-state index contributed by atoms with van der Waals surface area (Å²) >= 11 is 0. The van der Waals surface area contributed by atoms with E-state index in [1.54, 1.807) is 31.2 Å². The highest BCUT2D eigenvalue weighted by atomic mass is 16.5. The van der Waals surface area contributed by atoms with Gasteiger partial charge in [-0.2, -0.15) is 0 Å². The van der Waals surface area contributed by atoms with Crippen LogP contribution in [-0.4, -0.2) is 37.3 Å². The lowest BCUT2D eigenvalue weighted by molar-refractivity contribution is -0.129. The topological polar surface area (TPSA) is 84.5 Å². The van der Waals surface area contributed by atoms with E-state index in [1.165, 1.54) is 0 Å². The van der Waals surface area contributed by atoms with Crippen molar-refractivity contribution in [2.45, 2.75) is 26.3 Å². The molecule has 0 saturated heterocycles. The number of rotatable bonds is 8. The molecule has 0 aliphatic carbocycles. The lowest BCUT2D eigenvalue weighted by Gasteiger charge is -2.14. The molecule has 114 valence electrons. The second kappa shape index (κ2) is 8.73. The number of hydrogen-bond acceptors (Lipinski definition) is 4. The van der Waals surface area contributed by atoms with Gasteiger partial charge in [0.05, 0.1) is 0 Å². The minimum absolute atomic E-state index is 0.189. The van der Waals surface area contributed by atoms with Gasteiger partial charge in [0.1, 0.15) is 18.1 Å². The van der Waals surface area contributed by atoms with E-state index in [9.17, 15) is 14.4 Å². The molecule has 2 amide bonds. The van der Waals surface area contributed by atoms with Gasteiger partial charge in [-0.25, -0.2) is 0 Å². The highest BCUT2D eigenvalue weighted by Gasteiger charge is 2.14. The Kier molecular flexibility index (Phi) is 6.94. The zero-order valence-electron chi connectivity index (χ0n) is 12.2. The summed E-state index contributed by atoms with van der Waals surface area (Å²) in [4.78, 5) is 33.7. The fourth-order valence-electron chi connectivity index (χ4n) is 1.54. The first-order valence-corrected chi connectivity index (χ1v) is 6.82. The molecule has 0 aliphatic rings. The Labute approximate surface area is 123 Å². The van der Waals surface area contributed by atoms with Crippen molar-refractivity contribution in [3.8, 4) is 5.75 Å². The molecule has 1 aromatic rings. The number of carbonyl (C=O) groups excluding carboxylic acids is 3. The summed E-state index contributed by atoms with van der Waals surface area (Å²) < 4.78 is 5.27. The molecule has 0 unspecified atom stereocenters. The highest BCUT2D eigenvalue weighted by molar-refractivity contribution is 5.87. The summed E-state index contributed by atoms with van der Waals surface area (Å²) in [5.74, 6) is -0.118. The predicted octanol–water partition coefficient (Wildman–Crippen LogP) is 0.909. The SMILES string of the molecule is CCCNC(=O)[C@H](C)NC(=O)COc1ccc(C=O)cc1. The fourth-order valence-corrected chi connectivity index (χ4v) is 1.54. The Morgan fingerprint density at radius 3 is 2.52 bits per heavy atom. The molecule has 0 bridgehead atoms. The van der Waals surface area contributed by atoms with E-state index in [0.717, 1.165) is 12.7 Å². The van der Waals surface area contributed by atoms with Crippen LogP contribution < -0.4 is 15.4 Å². The van der Waals surface area contributed by atoms with Crippen LogP contribution in [-0.2, 0) is 9.59 Å². The molecule has 0 heterocycles. The lowest BCUT2D eigenvalue weighted by atomic mass is 10.2. The third kappa shape index (κ3) is 6.07. The number of nitrogens with one attached hydrogen (secondary N) is 2. The number of aldehydes is 1. The van der Waals surface area contributed by atoms with Gasteiger partial charge in [-0.3, -0.25) is 14.4 Å². The summed E-state index contributed by atoms with van der Waals surface area (Å²) in [6.45, 7) is 3.96. The van der Waals surface area contributed by atoms with Gasteiger partial charge in [0.25, 0.3) is 5.91 Å². The van der Waals surface area contributed by atoms with Gasteiger partial charge < -0.3 is 15.4 Å². The quantitative estimate of drug-likeness (QED) is 0.697. The van der Waals surface area contributed by atoms with Gasteiger partial charge in [-0.05, 0) is 37.6 Å². The largest absolute Gasteiger partial charge is 0.484 e. The first-order valence-electron chi connectivity index (χ1n) is 6.82. The van der Waals surface area contributed by atoms with Crippen LogP contribution in [0.1, 0.15) is 30.6 Å². The summed E-state index contributed by atoms with van der Waals surface area (Å²) in [6.07, 6.45) is 1.57. The highest BCUT2D eigenvalue weighted by Crippen LogP contribution is 2.10. The van der Waals surface area contributed by atoms with E-state index in [1.807, 2.05) is 6.92 Å². The standard InChI is InChI=1S/C15H20N2O4/c1-3-8-16-15(20)11(2)17-14(19)10-21-13-6-4-12(9-18)5-7-13/h4-7,9,11H,3,8,10H2,1-2H3,(H,16,20)(H,17,19)/t11-/m0/s1. The molecular weight excluding hydrogens is 272 g/mol. The van der Waals surface area contributed by atoms with Crippen LogP contribution in [0.2, 0.25) is 0 Å². The summed E-state index contributed by atoms with van der Waals surface area (Å²) in [7, 11) is 0. The minimum atomic E-state index is -0.606. The van der Waals surface area contributed by atoms with Crippen LogP contribution in [0.25, 0.3) is 0 Å². The van der Waals surface area contributed by atoms with Crippen molar-refractivity contribution in [3.05, 3.63) is 29.8 Å². The van der Waals surface area contributed by atoms with Crippen LogP contribution in [0, 0.1) is 0 Å². The smallest absolute Gasteiger partial charge is 0.258 e. The van der Waals surface area contributed by atoms with Gasteiger partial charge >= 0.3 is 0 Å². The first-order chi connectivity index (χ1) is 10.1. The summed E-state index contributed by atoms with van der Waals surface area (Å²) in [6, 6.07) is 5.80. The Hall–Kier alpha value is -2.37. The van der Waals surface area contributed by atoms with Crippen molar-refractivity contribution in [1.29, 1.82) is 0 Å². The molecule has 2 N–H and O–H groups in total. The van der Waals surface area contributed by atoms with Crippen molar-refractivity contribution in [1.82, 2.24) is 10.6 Å². The monoisotopic (exact) mass is 292 g/mol. The van der Waals surface area contributed by atoms with Gasteiger partial charge in [0.15, 0.2) is 6.61 Å². The molecule has 21 heavy (non-hydrogen) atoms. The molecular formula is C15H20N2O4. The van der Waals surface area contributed by atoms with Crippen LogP contribution >= 0.6 is 0 Å². The van der Waals surface area contributed by atoms with E-state index in [-0.39, 0.29) is 18.4 Å². The number of ether oxygens (including phenoxy) is 1. The van der Waals surface area contributed by atoms with E-state index in [0.29, 0.717) is 17.9 Å².